The van der Waals surface area contributed by atoms with Crippen molar-refractivity contribution in [3.05, 3.63) is 28.3 Å². The summed E-state index contributed by atoms with van der Waals surface area (Å²) in [5.74, 6) is 0. The average molecular weight is 448 g/mol. The highest BCUT2D eigenvalue weighted by Crippen LogP contribution is 2.38. The van der Waals surface area contributed by atoms with Crippen molar-refractivity contribution in [1.82, 2.24) is 10.0 Å². The van der Waals surface area contributed by atoms with Crippen molar-refractivity contribution >= 4 is 21.7 Å². The number of hydrogen-bond donors (Lipinski definition) is 3. The molecule has 1 atom stereocenters. The van der Waals surface area contributed by atoms with E-state index in [9.17, 15) is 26.4 Å². The quantitative estimate of drug-likeness (QED) is 0.533. The molecule has 6 nitrogen and oxygen atoms in total. The topological polar surface area (TPSA) is 87.3 Å². The van der Waals surface area contributed by atoms with Crippen LogP contribution in [0.25, 0.3) is 0 Å². The van der Waals surface area contributed by atoms with Crippen molar-refractivity contribution in [3.63, 3.8) is 0 Å². The molecule has 30 heavy (non-hydrogen) atoms. The Kier molecular flexibility index (Phi) is 6.96. The highest BCUT2D eigenvalue weighted by molar-refractivity contribution is 7.90. The fourth-order valence-corrected chi connectivity index (χ4v) is 5.09. The molecule has 0 fully saturated rings. The van der Waals surface area contributed by atoms with Gasteiger partial charge in [0.15, 0.2) is 0 Å². The number of carbonyl (C=O) groups excluding carboxylic acids is 1. The van der Waals surface area contributed by atoms with E-state index in [-0.39, 0.29) is 19.5 Å². The van der Waals surface area contributed by atoms with Crippen LogP contribution in [0.3, 0.4) is 0 Å². The van der Waals surface area contributed by atoms with E-state index in [0.717, 1.165) is 55.3 Å². The molecule has 0 saturated heterocycles. The molecule has 10 heteroatoms. The molecule has 2 aliphatic carbocycles. The maximum absolute atomic E-state index is 12.5. The van der Waals surface area contributed by atoms with E-state index in [1.54, 1.807) is 0 Å². The van der Waals surface area contributed by atoms with Crippen LogP contribution in [0.1, 0.15) is 54.9 Å². The van der Waals surface area contributed by atoms with Gasteiger partial charge in [-0.1, -0.05) is 6.07 Å². The minimum Gasteiger partial charge on any atom is -0.316 e. The second-order valence-electron chi connectivity index (χ2n) is 8.05. The third kappa shape index (κ3) is 5.66. The molecule has 0 aliphatic heterocycles. The largest absolute Gasteiger partial charge is 0.390 e. The molecule has 2 amide bonds. The second kappa shape index (κ2) is 9.13. The Labute approximate surface area is 175 Å². The summed E-state index contributed by atoms with van der Waals surface area (Å²) in [5.41, 5.74) is 5.42. The molecule has 0 aromatic heterocycles. The molecule has 0 spiro atoms. The number of benzene rings is 1. The molecule has 0 radical (unpaired) electrons. The predicted molar refractivity (Wildman–Crippen MR) is 109 cm³/mol. The summed E-state index contributed by atoms with van der Waals surface area (Å²) in [6.07, 6.45) is 0.580. The van der Waals surface area contributed by atoms with Crippen LogP contribution >= 0.6 is 0 Å². The van der Waals surface area contributed by atoms with Gasteiger partial charge in [-0.25, -0.2) is 17.9 Å². The van der Waals surface area contributed by atoms with Crippen LogP contribution in [0.4, 0.5) is 23.7 Å². The molecule has 1 aromatic carbocycles. The number of urea groups is 1. The first kappa shape index (κ1) is 22.9. The first-order valence-corrected chi connectivity index (χ1v) is 11.9. The first-order valence-electron chi connectivity index (χ1n) is 10.3. The zero-order valence-corrected chi connectivity index (χ0v) is 17.8. The summed E-state index contributed by atoms with van der Waals surface area (Å²) in [7, 11) is -3.95. The number of anilines is 1. The van der Waals surface area contributed by atoms with E-state index in [1.807, 2.05) is 0 Å². The van der Waals surface area contributed by atoms with E-state index in [2.05, 4.69) is 21.4 Å². The number of fused-ring (bicyclic) bond motifs is 2. The van der Waals surface area contributed by atoms with Gasteiger partial charge in [-0.15, -0.1) is 0 Å². The lowest BCUT2D eigenvalue weighted by atomic mass is 9.99. The van der Waals surface area contributed by atoms with Crippen molar-refractivity contribution in [2.75, 3.05) is 18.4 Å². The van der Waals surface area contributed by atoms with Crippen LogP contribution in [0, 0.1) is 0 Å². The molecular formula is C20H28F3N3O3S. The number of sulfonamides is 1. The Morgan fingerprint density at radius 2 is 1.67 bits per heavy atom. The Hall–Kier alpha value is -1.81. The number of rotatable bonds is 8. The van der Waals surface area contributed by atoms with Gasteiger partial charge < -0.3 is 10.6 Å². The van der Waals surface area contributed by atoms with Gasteiger partial charge in [0.05, 0.1) is 11.7 Å². The molecule has 3 rings (SSSR count). The molecule has 1 unspecified atom stereocenters. The average Bonchev–Trinajstić information content (AvgIpc) is 3.28. The van der Waals surface area contributed by atoms with Crippen molar-refractivity contribution in [1.29, 1.82) is 0 Å². The second-order valence-corrected chi connectivity index (χ2v) is 10.1. The van der Waals surface area contributed by atoms with Crippen molar-refractivity contribution in [3.8, 4) is 0 Å². The van der Waals surface area contributed by atoms with Crippen LogP contribution in [0.15, 0.2) is 6.07 Å². The zero-order valence-electron chi connectivity index (χ0n) is 17.0. The van der Waals surface area contributed by atoms with Crippen LogP contribution in [0.5, 0.6) is 0 Å². The smallest absolute Gasteiger partial charge is 0.316 e. The van der Waals surface area contributed by atoms with E-state index in [0.29, 0.717) is 0 Å². The van der Waals surface area contributed by atoms with Gasteiger partial charge in [0.25, 0.3) is 0 Å². The number of halogens is 3. The first-order chi connectivity index (χ1) is 14.1. The molecular weight excluding hydrogens is 419 g/mol. The highest BCUT2D eigenvalue weighted by Gasteiger charge is 2.28. The molecule has 0 heterocycles. The van der Waals surface area contributed by atoms with Crippen LogP contribution in [-0.4, -0.2) is 39.0 Å². The highest BCUT2D eigenvalue weighted by atomic mass is 32.2. The van der Waals surface area contributed by atoms with Crippen molar-refractivity contribution < 1.29 is 26.4 Å². The minimum absolute atomic E-state index is 0.0939. The fourth-order valence-electron chi connectivity index (χ4n) is 4.15. The lowest BCUT2D eigenvalue weighted by Gasteiger charge is -2.18. The Morgan fingerprint density at radius 3 is 2.23 bits per heavy atom. The standard InChI is InChI=1S/C20H28F3N3O3S/c1-13(8-10-24-11-9-20(21,22)23)30(28,29)26-19(27)25-18-16-6-2-4-14(16)12-15-5-3-7-17(15)18/h12-13,24H,2-11H2,1H3,(H2,25,26,27). The van der Waals surface area contributed by atoms with Gasteiger partial charge in [-0.3, -0.25) is 0 Å². The van der Waals surface area contributed by atoms with Gasteiger partial charge in [-0.2, -0.15) is 13.2 Å². The third-order valence-electron chi connectivity index (χ3n) is 5.79. The number of amides is 2. The van der Waals surface area contributed by atoms with Crippen molar-refractivity contribution in [2.45, 2.75) is 69.7 Å². The van der Waals surface area contributed by atoms with Crippen LogP contribution < -0.4 is 15.4 Å². The van der Waals surface area contributed by atoms with Gasteiger partial charge in [-0.05, 0) is 80.7 Å². The molecule has 0 saturated carbocycles. The SMILES string of the molecule is CC(CCNCCC(F)(F)F)S(=O)(=O)NC(=O)Nc1c2c(cc3c1CCC3)CCC2. The molecule has 1 aromatic rings. The van der Waals surface area contributed by atoms with Crippen LogP contribution in [-0.2, 0) is 35.7 Å². The lowest BCUT2D eigenvalue weighted by Crippen LogP contribution is -2.41. The zero-order chi connectivity index (χ0) is 21.9. The molecule has 168 valence electrons. The maximum Gasteiger partial charge on any atom is 0.390 e. The molecule has 3 N–H and O–H groups in total. The van der Waals surface area contributed by atoms with Gasteiger partial charge in [0.1, 0.15) is 0 Å². The van der Waals surface area contributed by atoms with Gasteiger partial charge in [0.2, 0.25) is 10.0 Å². The number of nitrogens with one attached hydrogen (secondary N) is 3. The number of alkyl halides is 3. The number of aryl methyl sites for hydroxylation is 2. The van der Waals surface area contributed by atoms with E-state index in [1.165, 1.54) is 18.1 Å². The van der Waals surface area contributed by atoms with Crippen LogP contribution in [0.2, 0.25) is 0 Å². The minimum atomic E-state index is -4.25. The normalized spacial score (nSPS) is 16.8. The lowest BCUT2D eigenvalue weighted by molar-refractivity contribution is -0.133. The van der Waals surface area contributed by atoms with E-state index in [4.69, 9.17) is 0 Å². The Balaban J connectivity index is 1.56. The summed E-state index contributed by atoms with van der Waals surface area (Å²) in [6, 6.07) is 1.43. The van der Waals surface area contributed by atoms with E-state index >= 15 is 0 Å². The monoisotopic (exact) mass is 447 g/mol. The summed E-state index contributed by atoms with van der Waals surface area (Å²) in [4.78, 5) is 12.5. The Morgan fingerprint density at radius 1 is 1.07 bits per heavy atom. The van der Waals surface area contributed by atoms with Gasteiger partial charge in [0, 0.05) is 12.2 Å². The summed E-state index contributed by atoms with van der Waals surface area (Å²) >= 11 is 0. The molecule has 2 aliphatic rings. The number of carbonyl (C=O) groups is 1. The summed E-state index contributed by atoms with van der Waals surface area (Å²) < 4.78 is 63.3. The Bertz CT molecular complexity index is 869. The van der Waals surface area contributed by atoms with Crippen molar-refractivity contribution in [2.24, 2.45) is 0 Å². The van der Waals surface area contributed by atoms with E-state index < -0.39 is 33.9 Å². The predicted octanol–water partition coefficient (Wildman–Crippen LogP) is 3.44. The summed E-state index contributed by atoms with van der Waals surface area (Å²) in [6.45, 7) is 1.27. The molecule has 0 bridgehead atoms. The third-order valence-corrected chi connectivity index (χ3v) is 7.55. The number of hydrogen-bond acceptors (Lipinski definition) is 4. The van der Waals surface area contributed by atoms with Gasteiger partial charge >= 0.3 is 12.2 Å². The summed E-state index contributed by atoms with van der Waals surface area (Å²) in [5, 5.41) is 4.44. The fraction of sp³-hybridized carbons (Fsp3) is 0.650. The maximum atomic E-state index is 12.5.